The molecule has 0 aliphatic carbocycles. The summed E-state index contributed by atoms with van der Waals surface area (Å²) in [6, 6.07) is 2.90. The number of nitrogen functional groups attached to an aromatic ring is 1. The quantitative estimate of drug-likeness (QED) is 0.642. The Morgan fingerprint density at radius 1 is 1.47 bits per heavy atom. The van der Waals surface area contributed by atoms with Gasteiger partial charge in [-0.1, -0.05) is 29.1 Å². The molecule has 0 aromatic heterocycles. The van der Waals surface area contributed by atoms with Crippen molar-refractivity contribution in [2.24, 2.45) is 0 Å². The minimum absolute atomic E-state index is 0.232. The normalized spacial score (nSPS) is 10.8. The molecule has 0 heterocycles. The second-order valence-electron chi connectivity index (χ2n) is 4.08. The Morgan fingerprint density at radius 3 is 2.53 bits per heavy atom. The highest BCUT2D eigenvalue weighted by Gasteiger charge is 2.19. The van der Waals surface area contributed by atoms with Gasteiger partial charge in [0.15, 0.2) is 0 Å². The molecule has 0 spiro atoms. The van der Waals surface area contributed by atoms with E-state index in [9.17, 15) is 4.79 Å². The summed E-state index contributed by atoms with van der Waals surface area (Å²) in [5.41, 5.74) is 5.45. The Labute approximate surface area is 110 Å². The third-order valence-electron chi connectivity index (χ3n) is 2.11. The van der Waals surface area contributed by atoms with Gasteiger partial charge in [-0.3, -0.25) is 4.79 Å². The van der Waals surface area contributed by atoms with Crippen LogP contribution in [0.4, 0.5) is 5.69 Å². The number of halogens is 2. The van der Waals surface area contributed by atoms with Gasteiger partial charge in [0.05, 0.1) is 21.3 Å². The van der Waals surface area contributed by atoms with Crippen molar-refractivity contribution in [3.05, 3.63) is 27.7 Å². The summed E-state index contributed by atoms with van der Waals surface area (Å²) < 4.78 is 0. The fourth-order valence-corrected chi connectivity index (χ4v) is 1.47. The number of hydrogen-bond donors (Lipinski definition) is 2. The predicted molar refractivity (Wildman–Crippen MR) is 71.3 cm³/mol. The summed E-state index contributed by atoms with van der Waals surface area (Å²) in [6.07, 6.45) is 5.28. The number of nitrogens with one attached hydrogen (secondary N) is 1. The number of hydrogen-bond acceptors (Lipinski definition) is 2. The van der Waals surface area contributed by atoms with Crippen LogP contribution >= 0.6 is 23.2 Å². The molecule has 17 heavy (non-hydrogen) atoms. The van der Waals surface area contributed by atoms with Crippen LogP contribution in [0.2, 0.25) is 10.0 Å². The van der Waals surface area contributed by atoms with Crippen molar-refractivity contribution < 1.29 is 4.79 Å². The highest BCUT2D eigenvalue weighted by Crippen LogP contribution is 2.29. The Hall–Kier alpha value is -1.37. The van der Waals surface area contributed by atoms with E-state index in [1.807, 2.05) is 0 Å². The average molecular weight is 271 g/mol. The molecule has 1 amide bonds. The first kappa shape index (κ1) is 13.7. The van der Waals surface area contributed by atoms with Crippen LogP contribution in [0, 0.1) is 12.3 Å². The number of amides is 1. The van der Waals surface area contributed by atoms with Gasteiger partial charge in [0.1, 0.15) is 0 Å². The zero-order valence-corrected chi connectivity index (χ0v) is 11.0. The van der Waals surface area contributed by atoms with Crippen LogP contribution in [0.1, 0.15) is 24.2 Å². The maximum Gasteiger partial charge on any atom is 0.252 e. The monoisotopic (exact) mass is 270 g/mol. The Balaban J connectivity index is 3.03. The van der Waals surface area contributed by atoms with Crippen molar-refractivity contribution >= 4 is 34.8 Å². The number of anilines is 1. The third kappa shape index (κ3) is 3.29. The highest BCUT2D eigenvalue weighted by molar-refractivity contribution is 6.43. The largest absolute Gasteiger partial charge is 0.397 e. The lowest BCUT2D eigenvalue weighted by atomic mass is 10.1. The van der Waals surface area contributed by atoms with Crippen LogP contribution in [0.5, 0.6) is 0 Å². The van der Waals surface area contributed by atoms with Crippen LogP contribution in [0.15, 0.2) is 12.1 Å². The first-order chi connectivity index (χ1) is 7.76. The van der Waals surface area contributed by atoms with E-state index in [2.05, 4.69) is 11.2 Å². The van der Waals surface area contributed by atoms with E-state index >= 15 is 0 Å². The van der Waals surface area contributed by atoms with Crippen LogP contribution < -0.4 is 11.1 Å². The average Bonchev–Trinajstić information content (AvgIpc) is 2.24. The molecular formula is C12H12Cl2N2O. The van der Waals surface area contributed by atoms with E-state index in [1.54, 1.807) is 13.8 Å². The van der Waals surface area contributed by atoms with Crippen molar-refractivity contribution in [1.82, 2.24) is 5.32 Å². The summed E-state index contributed by atoms with van der Waals surface area (Å²) in [7, 11) is 0. The second kappa shape index (κ2) is 4.87. The predicted octanol–water partition coefficient (Wildman–Crippen LogP) is 2.72. The number of carbonyl (C=O) groups excluding carboxylic acids is 1. The topological polar surface area (TPSA) is 55.1 Å². The van der Waals surface area contributed by atoms with E-state index in [4.69, 9.17) is 35.4 Å². The van der Waals surface area contributed by atoms with Crippen LogP contribution in [0.25, 0.3) is 0 Å². The summed E-state index contributed by atoms with van der Waals surface area (Å²) in [5, 5.41) is 3.13. The molecule has 1 aromatic rings. The molecule has 0 aliphatic rings. The van der Waals surface area contributed by atoms with Gasteiger partial charge in [0, 0.05) is 5.56 Å². The van der Waals surface area contributed by atoms with Gasteiger partial charge in [-0.15, -0.1) is 6.42 Å². The number of carbonyl (C=O) groups is 1. The Bertz CT molecular complexity index is 481. The molecule has 3 N–H and O–H groups in total. The first-order valence-electron chi connectivity index (χ1n) is 4.81. The highest BCUT2D eigenvalue weighted by atomic mass is 35.5. The Kier molecular flexibility index (Phi) is 3.92. The molecule has 0 bridgehead atoms. The maximum atomic E-state index is 11.9. The summed E-state index contributed by atoms with van der Waals surface area (Å²) in [5.74, 6) is 2.11. The number of terminal acetylenes is 1. The smallest absolute Gasteiger partial charge is 0.252 e. The lowest BCUT2D eigenvalue weighted by Gasteiger charge is -2.19. The molecule has 0 saturated carbocycles. The van der Waals surface area contributed by atoms with Gasteiger partial charge in [0.2, 0.25) is 0 Å². The molecule has 90 valence electrons. The molecule has 0 unspecified atom stereocenters. The number of rotatable bonds is 2. The van der Waals surface area contributed by atoms with Gasteiger partial charge >= 0.3 is 0 Å². The molecule has 5 heteroatoms. The van der Waals surface area contributed by atoms with E-state index in [0.29, 0.717) is 5.56 Å². The molecule has 0 atom stereocenters. The van der Waals surface area contributed by atoms with Crippen LogP contribution in [0.3, 0.4) is 0 Å². The fourth-order valence-electron chi connectivity index (χ4n) is 1.13. The van der Waals surface area contributed by atoms with Crippen LogP contribution in [-0.4, -0.2) is 11.4 Å². The zero-order chi connectivity index (χ0) is 13.2. The van der Waals surface area contributed by atoms with E-state index in [-0.39, 0.29) is 21.6 Å². The minimum atomic E-state index is -0.738. The molecule has 1 rings (SSSR count). The molecular weight excluding hydrogens is 259 g/mol. The zero-order valence-electron chi connectivity index (χ0n) is 9.47. The fraction of sp³-hybridized carbons (Fsp3) is 0.250. The molecule has 0 aliphatic heterocycles. The van der Waals surface area contributed by atoms with Gasteiger partial charge < -0.3 is 11.1 Å². The SMILES string of the molecule is C#CC(C)(C)NC(=O)c1cc(N)c(Cl)c(Cl)c1. The molecule has 0 radical (unpaired) electrons. The molecule has 1 aromatic carbocycles. The third-order valence-corrected chi connectivity index (χ3v) is 2.92. The summed E-state index contributed by atoms with van der Waals surface area (Å²) in [4.78, 5) is 11.9. The first-order valence-corrected chi connectivity index (χ1v) is 5.57. The summed E-state index contributed by atoms with van der Waals surface area (Å²) >= 11 is 11.6. The van der Waals surface area contributed by atoms with Crippen molar-refractivity contribution in [3.8, 4) is 12.3 Å². The van der Waals surface area contributed by atoms with Crippen molar-refractivity contribution in [3.63, 3.8) is 0 Å². The standard InChI is InChI=1S/C12H12Cl2N2O/c1-4-12(2,3)16-11(17)7-5-8(13)10(14)9(15)6-7/h1,5-6H,15H2,2-3H3,(H,16,17). The molecule has 3 nitrogen and oxygen atoms in total. The number of nitrogens with two attached hydrogens (primary N) is 1. The van der Waals surface area contributed by atoms with E-state index in [1.165, 1.54) is 12.1 Å². The van der Waals surface area contributed by atoms with Gasteiger partial charge in [0.25, 0.3) is 5.91 Å². The molecule has 0 saturated heterocycles. The van der Waals surface area contributed by atoms with Gasteiger partial charge in [-0.25, -0.2) is 0 Å². The van der Waals surface area contributed by atoms with Crippen molar-refractivity contribution in [2.75, 3.05) is 5.73 Å². The minimum Gasteiger partial charge on any atom is -0.397 e. The van der Waals surface area contributed by atoms with Crippen molar-refractivity contribution in [2.45, 2.75) is 19.4 Å². The summed E-state index contributed by atoms with van der Waals surface area (Å²) in [6.45, 7) is 3.43. The molecule has 0 fully saturated rings. The van der Waals surface area contributed by atoms with Crippen LogP contribution in [-0.2, 0) is 0 Å². The lowest BCUT2D eigenvalue weighted by Crippen LogP contribution is -2.42. The van der Waals surface area contributed by atoms with Gasteiger partial charge in [-0.05, 0) is 26.0 Å². The maximum absolute atomic E-state index is 11.9. The van der Waals surface area contributed by atoms with E-state index < -0.39 is 5.54 Å². The lowest BCUT2D eigenvalue weighted by molar-refractivity contribution is 0.0930. The van der Waals surface area contributed by atoms with Crippen molar-refractivity contribution in [1.29, 1.82) is 0 Å². The number of benzene rings is 1. The Morgan fingerprint density at radius 2 is 2.06 bits per heavy atom. The van der Waals surface area contributed by atoms with E-state index in [0.717, 1.165) is 0 Å². The second-order valence-corrected chi connectivity index (χ2v) is 4.87. The van der Waals surface area contributed by atoms with Gasteiger partial charge in [-0.2, -0.15) is 0 Å².